The minimum atomic E-state index is -0.628. The fourth-order valence-corrected chi connectivity index (χ4v) is 2.79. The molecule has 1 heterocycles. The van der Waals surface area contributed by atoms with Crippen LogP contribution in [0.25, 0.3) is 10.9 Å². The van der Waals surface area contributed by atoms with Gasteiger partial charge in [-0.2, -0.15) is 0 Å². The first-order valence-corrected chi connectivity index (χ1v) is 9.03. The smallest absolute Gasteiger partial charge is 0.319 e. The van der Waals surface area contributed by atoms with Gasteiger partial charge in [0.25, 0.3) is 0 Å². The topological polar surface area (TPSA) is 119 Å². The lowest BCUT2D eigenvalue weighted by atomic mass is 10.2. The number of rotatable bonds is 6. The highest BCUT2D eigenvalue weighted by molar-refractivity contribution is 5.90. The molecular formula is C20H19FN4O4. The molecule has 0 saturated heterocycles. The molecule has 2 amide bonds. The molecule has 0 spiro atoms. The third-order valence-corrected chi connectivity index (χ3v) is 4.35. The van der Waals surface area contributed by atoms with E-state index in [9.17, 15) is 14.3 Å². The van der Waals surface area contributed by atoms with Gasteiger partial charge in [0.2, 0.25) is 0 Å². The molecular weight excluding hydrogens is 379 g/mol. The number of phenols is 1. The molecule has 1 aromatic heterocycles. The number of ether oxygens (including phenoxy) is 2. The Morgan fingerprint density at radius 2 is 2.07 bits per heavy atom. The van der Waals surface area contributed by atoms with Crippen molar-refractivity contribution in [2.75, 3.05) is 12.0 Å². The summed E-state index contributed by atoms with van der Waals surface area (Å²) in [5.41, 5.74) is 5.90. The highest BCUT2D eigenvalue weighted by Crippen LogP contribution is 2.36. The van der Waals surface area contributed by atoms with E-state index in [-0.39, 0.29) is 35.7 Å². The number of nitrogens with zero attached hydrogens (tertiary/aromatic N) is 1. The third-order valence-electron chi connectivity index (χ3n) is 4.35. The van der Waals surface area contributed by atoms with E-state index >= 15 is 0 Å². The van der Waals surface area contributed by atoms with Gasteiger partial charge >= 0.3 is 6.03 Å². The number of halogens is 1. The van der Waals surface area contributed by atoms with E-state index in [2.05, 4.69) is 15.6 Å². The summed E-state index contributed by atoms with van der Waals surface area (Å²) >= 11 is 0. The predicted molar refractivity (Wildman–Crippen MR) is 105 cm³/mol. The molecule has 0 bridgehead atoms. The van der Waals surface area contributed by atoms with Gasteiger partial charge in [-0.15, -0.1) is 0 Å². The number of amides is 2. The van der Waals surface area contributed by atoms with Crippen molar-refractivity contribution >= 4 is 22.6 Å². The van der Waals surface area contributed by atoms with Gasteiger partial charge in [-0.05, 0) is 37.1 Å². The largest absolute Gasteiger partial charge is 0.504 e. The molecule has 0 radical (unpaired) electrons. The van der Waals surface area contributed by atoms with Crippen LogP contribution < -0.4 is 25.8 Å². The first-order valence-electron chi connectivity index (χ1n) is 9.03. The minimum Gasteiger partial charge on any atom is -0.504 e. The van der Waals surface area contributed by atoms with E-state index in [0.717, 1.165) is 12.8 Å². The van der Waals surface area contributed by atoms with Crippen LogP contribution in [0.15, 0.2) is 42.6 Å². The zero-order valence-corrected chi connectivity index (χ0v) is 15.3. The number of benzene rings is 2. The molecule has 4 rings (SSSR count). The van der Waals surface area contributed by atoms with Crippen molar-refractivity contribution in [1.29, 1.82) is 0 Å². The summed E-state index contributed by atoms with van der Waals surface area (Å²) in [7, 11) is 0. The van der Waals surface area contributed by atoms with E-state index in [1.54, 1.807) is 18.2 Å². The third kappa shape index (κ3) is 4.30. The van der Waals surface area contributed by atoms with Crippen LogP contribution in [0.1, 0.15) is 12.8 Å². The molecule has 3 aromatic rings. The maximum absolute atomic E-state index is 14.4. The van der Waals surface area contributed by atoms with Crippen molar-refractivity contribution < 1.29 is 23.8 Å². The molecule has 1 aliphatic carbocycles. The first-order chi connectivity index (χ1) is 14.0. The fourth-order valence-electron chi connectivity index (χ4n) is 2.79. The summed E-state index contributed by atoms with van der Waals surface area (Å²) in [4.78, 5) is 16.0. The van der Waals surface area contributed by atoms with Gasteiger partial charge in [0.15, 0.2) is 11.5 Å². The Kier molecular flexibility index (Phi) is 5.05. The highest BCUT2D eigenvalue weighted by Gasteiger charge is 2.23. The number of hydrogen-bond acceptors (Lipinski definition) is 6. The van der Waals surface area contributed by atoms with Gasteiger partial charge in [-0.3, -0.25) is 10.7 Å². The number of fused-ring (bicyclic) bond motifs is 1. The Balaban J connectivity index is 1.56. The van der Waals surface area contributed by atoms with E-state index in [4.69, 9.17) is 15.2 Å². The van der Waals surface area contributed by atoms with Gasteiger partial charge in [0, 0.05) is 29.8 Å². The fraction of sp³-hybridized carbons (Fsp3) is 0.200. The molecule has 1 saturated carbocycles. The number of aromatic hydroxyl groups is 1. The molecule has 2 aromatic carbocycles. The van der Waals surface area contributed by atoms with Crippen LogP contribution in [0.2, 0.25) is 0 Å². The van der Waals surface area contributed by atoms with Crippen LogP contribution in [0.3, 0.4) is 0 Å². The molecule has 1 fully saturated rings. The molecule has 0 atom stereocenters. The number of carbonyl (C=O) groups excluding carboxylic acids is 1. The summed E-state index contributed by atoms with van der Waals surface area (Å²) in [6, 6.07) is 8.47. The predicted octanol–water partition coefficient (Wildman–Crippen LogP) is 3.45. The lowest BCUT2D eigenvalue weighted by Gasteiger charge is -2.12. The standard InChI is InChI=1S/C20H19FN4O4/c21-14-7-12(3-4-15(14)25-20(27)24-11-1-2-11)29-18-5-6-23-16-9-17(26)19(28-10-22)8-13(16)18/h3-9,11,26H,1-2,10,22H2,(H2,24,25,27). The Labute approximate surface area is 165 Å². The Morgan fingerprint density at radius 3 is 2.79 bits per heavy atom. The minimum absolute atomic E-state index is 0.0543. The molecule has 9 heteroatoms. The van der Waals surface area contributed by atoms with Gasteiger partial charge in [-0.1, -0.05) is 0 Å². The van der Waals surface area contributed by atoms with Crippen molar-refractivity contribution in [2.45, 2.75) is 18.9 Å². The number of pyridine rings is 1. The molecule has 1 aliphatic rings. The number of carbonyl (C=O) groups is 1. The number of aromatic nitrogens is 1. The number of phenolic OH excluding ortho intramolecular Hbond substituents is 1. The SMILES string of the molecule is NCOc1cc2c(Oc3ccc(NC(=O)NC4CC4)c(F)c3)ccnc2cc1O. The van der Waals surface area contributed by atoms with E-state index in [1.807, 2.05) is 0 Å². The molecule has 0 unspecified atom stereocenters. The van der Waals surface area contributed by atoms with Crippen molar-refractivity contribution in [3.63, 3.8) is 0 Å². The average Bonchev–Trinajstić information content (AvgIpc) is 3.49. The van der Waals surface area contributed by atoms with Gasteiger partial charge < -0.3 is 25.2 Å². The summed E-state index contributed by atoms with van der Waals surface area (Å²) in [6.45, 7) is -0.108. The monoisotopic (exact) mass is 398 g/mol. The summed E-state index contributed by atoms with van der Waals surface area (Å²) in [5, 5.41) is 15.7. The van der Waals surface area contributed by atoms with Crippen LogP contribution in [0, 0.1) is 5.82 Å². The zero-order valence-electron chi connectivity index (χ0n) is 15.3. The summed E-state index contributed by atoms with van der Waals surface area (Å²) in [6.07, 6.45) is 3.39. The van der Waals surface area contributed by atoms with E-state index in [1.165, 1.54) is 24.4 Å². The molecule has 150 valence electrons. The first kappa shape index (κ1) is 18.8. The second-order valence-corrected chi connectivity index (χ2v) is 6.57. The Hall–Kier alpha value is -3.59. The van der Waals surface area contributed by atoms with Crippen molar-refractivity contribution in [2.24, 2.45) is 5.73 Å². The van der Waals surface area contributed by atoms with Crippen LogP contribution >= 0.6 is 0 Å². The average molecular weight is 398 g/mol. The number of urea groups is 1. The van der Waals surface area contributed by atoms with Crippen LogP contribution in [0.5, 0.6) is 23.0 Å². The molecule has 5 N–H and O–H groups in total. The van der Waals surface area contributed by atoms with Crippen molar-refractivity contribution in [3.05, 3.63) is 48.4 Å². The lowest BCUT2D eigenvalue weighted by Crippen LogP contribution is -2.30. The van der Waals surface area contributed by atoms with Gasteiger partial charge in [-0.25, -0.2) is 9.18 Å². The molecule has 29 heavy (non-hydrogen) atoms. The Bertz CT molecular complexity index is 1070. The van der Waals surface area contributed by atoms with Crippen LogP contribution in [0.4, 0.5) is 14.9 Å². The number of nitrogens with two attached hydrogens (primary N) is 1. The normalized spacial score (nSPS) is 13.2. The van der Waals surface area contributed by atoms with Crippen LogP contribution in [-0.4, -0.2) is 28.9 Å². The summed E-state index contributed by atoms with van der Waals surface area (Å²) in [5.74, 6) is 0.0846. The molecule has 0 aliphatic heterocycles. The lowest BCUT2D eigenvalue weighted by molar-refractivity contribution is 0.251. The molecule has 8 nitrogen and oxygen atoms in total. The van der Waals surface area contributed by atoms with E-state index < -0.39 is 11.8 Å². The maximum atomic E-state index is 14.4. The number of nitrogens with one attached hydrogen (secondary N) is 2. The van der Waals surface area contributed by atoms with Crippen LogP contribution in [-0.2, 0) is 0 Å². The summed E-state index contributed by atoms with van der Waals surface area (Å²) < 4.78 is 25.4. The van der Waals surface area contributed by atoms with Crippen molar-refractivity contribution in [1.82, 2.24) is 10.3 Å². The van der Waals surface area contributed by atoms with Gasteiger partial charge in [0.1, 0.15) is 24.0 Å². The Morgan fingerprint density at radius 1 is 1.24 bits per heavy atom. The van der Waals surface area contributed by atoms with E-state index in [0.29, 0.717) is 16.7 Å². The second-order valence-electron chi connectivity index (χ2n) is 6.57. The number of anilines is 1. The quantitative estimate of drug-likeness (QED) is 0.472. The van der Waals surface area contributed by atoms with Crippen molar-refractivity contribution in [3.8, 4) is 23.0 Å². The van der Waals surface area contributed by atoms with Gasteiger partial charge in [0.05, 0.1) is 11.2 Å². The number of hydrogen-bond donors (Lipinski definition) is 4. The second kappa shape index (κ2) is 7.80. The highest BCUT2D eigenvalue weighted by atomic mass is 19.1. The maximum Gasteiger partial charge on any atom is 0.319 e. The zero-order chi connectivity index (χ0) is 20.4.